The molecule has 1 amide bonds. The molecule has 0 atom stereocenters. The van der Waals surface area contributed by atoms with Crippen molar-refractivity contribution in [3.05, 3.63) is 53.9 Å². The zero-order chi connectivity index (χ0) is 12.8. The lowest BCUT2D eigenvalue weighted by Gasteiger charge is -2.04. The molecule has 17 heavy (non-hydrogen) atoms. The van der Waals surface area contributed by atoms with Gasteiger partial charge in [-0.15, -0.1) is 0 Å². The van der Waals surface area contributed by atoms with E-state index in [9.17, 15) is 18.0 Å². The van der Waals surface area contributed by atoms with E-state index in [0.717, 1.165) is 18.2 Å². The van der Waals surface area contributed by atoms with Gasteiger partial charge in [0.15, 0.2) is 17.5 Å². The number of benzene rings is 1. The maximum Gasteiger partial charge on any atom is 0.248 e. The molecule has 0 aromatic heterocycles. The normalized spacial score (nSPS) is 11.3. The summed E-state index contributed by atoms with van der Waals surface area (Å²) in [7, 11) is 0. The van der Waals surface area contributed by atoms with Crippen LogP contribution in [0.4, 0.5) is 18.9 Å². The lowest BCUT2D eigenvalue weighted by Crippen LogP contribution is -2.10. The van der Waals surface area contributed by atoms with Crippen LogP contribution in [0.1, 0.15) is 6.92 Å². The molecule has 0 saturated carbocycles. The number of anilines is 1. The number of rotatable bonds is 3. The number of amides is 1. The summed E-state index contributed by atoms with van der Waals surface area (Å²) < 4.78 is 38.6. The first-order valence-electron chi connectivity index (χ1n) is 4.80. The van der Waals surface area contributed by atoms with Crippen molar-refractivity contribution < 1.29 is 18.0 Å². The van der Waals surface area contributed by atoms with Gasteiger partial charge in [0.1, 0.15) is 0 Å². The molecule has 0 bridgehead atoms. The van der Waals surface area contributed by atoms with Crippen molar-refractivity contribution >= 4 is 11.6 Å². The topological polar surface area (TPSA) is 29.1 Å². The summed E-state index contributed by atoms with van der Waals surface area (Å²) in [6.45, 7) is 1.76. The summed E-state index contributed by atoms with van der Waals surface area (Å²) >= 11 is 0. The molecule has 1 N–H and O–H groups in total. The van der Waals surface area contributed by atoms with Gasteiger partial charge in [-0.3, -0.25) is 4.79 Å². The minimum Gasteiger partial charge on any atom is -0.320 e. The average molecular weight is 241 g/mol. The second kappa shape index (κ2) is 5.89. The summed E-state index contributed by atoms with van der Waals surface area (Å²) in [4.78, 5) is 11.2. The third-order valence-electron chi connectivity index (χ3n) is 1.84. The Morgan fingerprint density at radius 1 is 1.18 bits per heavy atom. The maximum atomic E-state index is 13.1. The SMILES string of the molecule is C/C=C/C=C/C(=O)Nc1ccc(F)c(F)c1F. The lowest BCUT2D eigenvalue weighted by molar-refractivity contribution is -0.111. The second-order valence-electron chi connectivity index (χ2n) is 3.10. The van der Waals surface area contributed by atoms with Crippen molar-refractivity contribution in [2.45, 2.75) is 6.92 Å². The highest BCUT2D eigenvalue weighted by molar-refractivity contribution is 5.99. The molecule has 1 aromatic carbocycles. The van der Waals surface area contributed by atoms with Gasteiger partial charge in [0.05, 0.1) is 5.69 Å². The van der Waals surface area contributed by atoms with Gasteiger partial charge in [0, 0.05) is 6.08 Å². The van der Waals surface area contributed by atoms with Gasteiger partial charge in [-0.05, 0) is 19.1 Å². The molecule has 0 aliphatic heterocycles. The van der Waals surface area contributed by atoms with E-state index in [-0.39, 0.29) is 0 Å². The minimum atomic E-state index is -1.61. The molecule has 0 radical (unpaired) electrons. The summed E-state index contributed by atoms with van der Waals surface area (Å²) in [5.74, 6) is -4.96. The number of carbonyl (C=O) groups excluding carboxylic acids is 1. The number of carbonyl (C=O) groups is 1. The van der Waals surface area contributed by atoms with Crippen molar-refractivity contribution in [2.75, 3.05) is 5.32 Å². The Bertz CT molecular complexity index is 481. The molecule has 0 unspecified atom stereocenters. The predicted molar refractivity (Wildman–Crippen MR) is 58.9 cm³/mol. The van der Waals surface area contributed by atoms with Crippen molar-refractivity contribution in [2.24, 2.45) is 0 Å². The molecule has 2 nitrogen and oxygen atoms in total. The van der Waals surface area contributed by atoms with E-state index in [1.807, 2.05) is 0 Å². The Labute approximate surface area is 96.4 Å². The van der Waals surface area contributed by atoms with Crippen LogP contribution in [0.2, 0.25) is 0 Å². The van der Waals surface area contributed by atoms with E-state index < -0.39 is 29.0 Å². The highest BCUT2D eigenvalue weighted by Gasteiger charge is 2.13. The molecular formula is C12H10F3NO. The van der Waals surface area contributed by atoms with Crippen molar-refractivity contribution in [1.82, 2.24) is 0 Å². The third kappa shape index (κ3) is 3.48. The summed E-state index contributed by atoms with van der Waals surface area (Å²) in [5, 5.41) is 2.10. The molecule has 1 rings (SSSR count). The Morgan fingerprint density at radius 3 is 2.53 bits per heavy atom. The Kier molecular flexibility index (Phi) is 4.51. The van der Waals surface area contributed by atoms with Crippen LogP contribution >= 0.6 is 0 Å². The first-order valence-corrected chi connectivity index (χ1v) is 4.80. The van der Waals surface area contributed by atoms with E-state index in [1.54, 1.807) is 19.1 Å². The van der Waals surface area contributed by atoms with Crippen LogP contribution in [-0.4, -0.2) is 5.91 Å². The zero-order valence-electron chi connectivity index (χ0n) is 9.01. The molecule has 5 heteroatoms. The molecule has 0 fully saturated rings. The number of hydrogen-bond acceptors (Lipinski definition) is 1. The Morgan fingerprint density at radius 2 is 1.88 bits per heavy atom. The van der Waals surface area contributed by atoms with Crippen molar-refractivity contribution in [3.63, 3.8) is 0 Å². The first kappa shape index (κ1) is 13.0. The van der Waals surface area contributed by atoms with E-state index in [4.69, 9.17) is 0 Å². The second-order valence-corrected chi connectivity index (χ2v) is 3.10. The van der Waals surface area contributed by atoms with E-state index >= 15 is 0 Å². The minimum absolute atomic E-state index is 0.404. The monoisotopic (exact) mass is 241 g/mol. The number of allylic oxidation sites excluding steroid dienone is 3. The smallest absolute Gasteiger partial charge is 0.248 e. The summed E-state index contributed by atoms with van der Waals surface area (Å²) in [6.07, 6.45) is 5.87. The van der Waals surface area contributed by atoms with E-state index in [1.165, 1.54) is 6.08 Å². The Hall–Kier alpha value is -2.04. The van der Waals surface area contributed by atoms with Gasteiger partial charge in [0.25, 0.3) is 0 Å². The fourth-order valence-corrected chi connectivity index (χ4v) is 1.05. The lowest BCUT2D eigenvalue weighted by atomic mass is 10.2. The van der Waals surface area contributed by atoms with Crippen LogP contribution in [0.15, 0.2) is 36.4 Å². The van der Waals surface area contributed by atoms with Crippen LogP contribution in [0.5, 0.6) is 0 Å². The number of nitrogens with one attached hydrogen (secondary N) is 1. The van der Waals surface area contributed by atoms with Gasteiger partial charge in [0.2, 0.25) is 5.91 Å². The number of halogens is 3. The molecule has 0 saturated heterocycles. The standard InChI is InChI=1S/C12H10F3NO/c1-2-3-4-5-10(17)16-9-7-6-8(13)11(14)12(9)15/h2-7H,1H3,(H,16,17)/b3-2+,5-4+. The molecular weight excluding hydrogens is 231 g/mol. The zero-order valence-corrected chi connectivity index (χ0v) is 9.01. The van der Waals surface area contributed by atoms with Crippen LogP contribution < -0.4 is 5.32 Å². The largest absolute Gasteiger partial charge is 0.320 e. The van der Waals surface area contributed by atoms with Crippen molar-refractivity contribution in [1.29, 1.82) is 0 Å². The highest BCUT2D eigenvalue weighted by Crippen LogP contribution is 2.19. The molecule has 0 aliphatic rings. The predicted octanol–water partition coefficient (Wildman–Crippen LogP) is 3.17. The number of hydrogen-bond donors (Lipinski definition) is 1. The van der Waals surface area contributed by atoms with Crippen LogP contribution in [0.25, 0.3) is 0 Å². The van der Waals surface area contributed by atoms with Gasteiger partial charge in [-0.1, -0.05) is 18.2 Å². The summed E-state index contributed by atoms with van der Waals surface area (Å²) in [6, 6.07) is 1.69. The third-order valence-corrected chi connectivity index (χ3v) is 1.84. The highest BCUT2D eigenvalue weighted by atomic mass is 19.2. The molecule has 1 aromatic rings. The van der Waals surface area contributed by atoms with Crippen LogP contribution in [-0.2, 0) is 4.79 Å². The first-order chi connectivity index (χ1) is 8.06. The molecule has 0 heterocycles. The van der Waals surface area contributed by atoms with Gasteiger partial charge in [-0.2, -0.15) is 0 Å². The maximum absolute atomic E-state index is 13.1. The van der Waals surface area contributed by atoms with Crippen LogP contribution in [0, 0.1) is 17.5 Å². The van der Waals surface area contributed by atoms with Crippen LogP contribution in [0.3, 0.4) is 0 Å². The van der Waals surface area contributed by atoms with Gasteiger partial charge in [-0.25, -0.2) is 13.2 Å². The van der Waals surface area contributed by atoms with E-state index in [2.05, 4.69) is 5.32 Å². The van der Waals surface area contributed by atoms with E-state index in [0.29, 0.717) is 0 Å². The fourth-order valence-electron chi connectivity index (χ4n) is 1.05. The summed E-state index contributed by atoms with van der Waals surface area (Å²) in [5.41, 5.74) is -0.404. The fraction of sp³-hybridized carbons (Fsp3) is 0.0833. The molecule has 90 valence electrons. The molecule has 0 spiro atoms. The van der Waals surface area contributed by atoms with Crippen molar-refractivity contribution in [3.8, 4) is 0 Å². The van der Waals surface area contributed by atoms with Gasteiger partial charge >= 0.3 is 0 Å². The molecule has 0 aliphatic carbocycles. The Balaban J connectivity index is 2.82. The quantitative estimate of drug-likeness (QED) is 0.491. The average Bonchev–Trinajstić information content (AvgIpc) is 2.30. The van der Waals surface area contributed by atoms with Gasteiger partial charge < -0.3 is 5.32 Å².